The van der Waals surface area contributed by atoms with Gasteiger partial charge in [-0.15, -0.1) is 0 Å². The zero-order valence-electron chi connectivity index (χ0n) is 16.7. The standard InChI is InChI=1S/C22H26O6/c1-14-5-6-16(11-19(14)26-3)12-22(24)17(13-28-21(22)23)9-15-7-8-18(25-2)20(10-15)27-4/h5-8,10-11,17,24H,9,12-13H2,1-4H3/t17-,22-/m0/s1. The molecule has 1 aliphatic heterocycles. The summed E-state index contributed by atoms with van der Waals surface area (Å²) in [6.45, 7) is 2.12. The summed E-state index contributed by atoms with van der Waals surface area (Å²) in [7, 11) is 4.76. The zero-order chi connectivity index (χ0) is 20.3. The Labute approximate surface area is 165 Å². The molecular weight excluding hydrogens is 360 g/mol. The van der Waals surface area contributed by atoms with Crippen molar-refractivity contribution >= 4 is 5.97 Å². The number of aliphatic hydroxyl groups is 1. The van der Waals surface area contributed by atoms with Crippen LogP contribution < -0.4 is 14.2 Å². The molecule has 3 rings (SSSR count). The quantitative estimate of drug-likeness (QED) is 0.738. The van der Waals surface area contributed by atoms with Gasteiger partial charge in [0.05, 0.1) is 27.9 Å². The topological polar surface area (TPSA) is 74.2 Å². The number of benzene rings is 2. The molecule has 1 saturated heterocycles. The second kappa shape index (κ2) is 8.10. The molecule has 6 heteroatoms. The van der Waals surface area contributed by atoms with Gasteiger partial charge >= 0.3 is 5.97 Å². The lowest BCUT2D eigenvalue weighted by Gasteiger charge is -2.26. The summed E-state index contributed by atoms with van der Waals surface area (Å²) in [6.07, 6.45) is 0.645. The van der Waals surface area contributed by atoms with Crippen molar-refractivity contribution in [2.75, 3.05) is 27.9 Å². The fourth-order valence-corrected chi connectivity index (χ4v) is 3.63. The Hall–Kier alpha value is -2.73. The molecule has 6 nitrogen and oxygen atoms in total. The molecule has 2 aromatic rings. The Morgan fingerprint density at radius 3 is 2.32 bits per heavy atom. The number of ether oxygens (including phenoxy) is 4. The number of cyclic esters (lactones) is 1. The first-order valence-electron chi connectivity index (χ1n) is 9.15. The molecule has 1 aliphatic rings. The van der Waals surface area contributed by atoms with Crippen LogP contribution in [0.3, 0.4) is 0 Å². The number of rotatable bonds is 7. The van der Waals surface area contributed by atoms with E-state index >= 15 is 0 Å². The molecule has 0 saturated carbocycles. The van der Waals surface area contributed by atoms with Crippen molar-refractivity contribution in [1.29, 1.82) is 0 Å². The van der Waals surface area contributed by atoms with Crippen LogP contribution in [0.5, 0.6) is 17.2 Å². The van der Waals surface area contributed by atoms with Crippen LogP contribution in [0.1, 0.15) is 16.7 Å². The molecular formula is C22H26O6. The third kappa shape index (κ3) is 3.78. The van der Waals surface area contributed by atoms with Crippen LogP contribution >= 0.6 is 0 Å². The molecule has 2 aromatic carbocycles. The van der Waals surface area contributed by atoms with Gasteiger partial charge in [0, 0.05) is 12.3 Å². The number of aryl methyl sites for hydroxylation is 1. The van der Waals surface area contributed by atoms with Gasteiger partial charge in [0.2, 0.25) is 0 Å². The fraction of sp³-hybridized carbons (Fsp3) is 0.409. The molecule has 0 unspecified atom stereocenters. The molecule has 1 fully saturated rings. The van der Waals surface area contributed by atoms with Crippen molar-refractivity contribution in [1.82, 2.24) is 0 Å². The van der Waals surface area contributed by atoms with E-state index in [1.165, 1.54) is 0 Å². The highest BCUT2D eigenvalue weighted by atomic mass is 16.6. The second-order valence-corrected chi connectivity index (χ2v) is 7.09. The van der Waals surface area contributed by atoms with Gasteiger partial charge in [-0.25, -0.2) is 4.79 Å². The van der Waals surface area contributed by atoms with Gasteiger partial charge in [0.15, 0.2) is 17.1 Å². The van der Waals surface area contributed by atoms with Gasteiger partial charge in [0.1, 0.15) is 5.75 Å². The summed E-state index contributed by atoms with van der Waals surface area (Å²) in [5.74, 6) is 1.01. The highest BCUT2D eigenvalue weighted by Crippen LogP contribution is 2.36. The second-order valence-electron chi connectivity index (χ2n) is 7.09. The van der Waals surface area contributed by atoms with Crippen molar-refractivity contribution < 1.29 is 28.8 Å². The molecule has 0 aromatic heterocycles. The van der Waals surface area contributed by atoms with E-state index in [1.807, 2.05) is 43.3 Å². The normalized spacial score (nSPS) is 21.3. The Bertz CT molecular complexity index is 862. The first-order chi connectivity index (χ1) is 13.4. The number of esters is 1. The Morgan fingerprint density at radius 1 is 1.00 bits per heavy atom. The highest BCUT2D eigenvalue weighted by molar-refractivity contribution is 5.82. The molecule has 0 spiro atoms. The average molecular weight is 386 g/mol. The molecule has 0 radical (unpaired) electrons. The van der Waals surface area contributed by atoms with Crippen molar-refractivity contribution in [3.63, 3.8) is 0 Å². The van der Waals surface area contributed by atoms with E-state index in [2.05, 4.69) is 0 Å². The van der Waals surface area contributed by atoms with Gasteiger partial charge in [0.25, 0.3) is 0 Å². The van der Waals surface area contributed by atoms with Crippen LogP contribution in [0.2, 0.25) is 0 Å². The lowest BCUT2D eigenvalue weighted by molar-refractivity contribution is -0.154. The molecule has 0 bridgehead atoms. The van der Waals surface area contributed by atoms with E-state index in [1.54, 1.807) is 21.3 Å². The number of methoxy groups -OCH3 is 3. The van der Waals surface area contributed by atoms with Crippen LogP contribution in [-0.4, -0.2) is 44.6 Å². The van der Waals surface area contributed by atoms with Crippen LogP contribution in [-0.2, 0) is 22.4 Å². The minimum atomic E-state index is -1.59. The summed E-state index contributed by atoms with van der Waals surface area (Å²) in [4.78, 5) is 12.4. The molecule has 0 amide bonds. The van der Waals surface area contributed by atoms with Crippen LogP contribution in [0.4, 0.5) is 0 Å². The molecule has 28 heavy (non-hydrogen) atoms. The van der Waals surface area contributed by atoms with E-state index in [9.17, 15) is 9.90 Å². The molecule has 1 N–H and O–H groups in total. The first kappa shape index (κ1) is 20.0. The number of hydrogen-bond acceptors (Lipinski definition) is 6. The van der Waals surface area contributed by atoms with E-state index in [0.717, 1.165) is 22.4 Å². The average Bonchev–Trinajstić information content (AvgIpc) is 2.97. The summed E-state index contributed by atoms with van der Waals surface area (Å²) < 4.78 is 21.2. The zero-order valence-corrected chi connectivity index (χ0v) is 16.7. The summed E-state index contributed by atoms with van der Waals surface area (Å²) in [5, 5.41) is 11.2. The van der Waals surface area contributed by atoms with E-state index < -0.39 is 11.6 Å². The SMILES string of the molecule is COc1cc(C[C@@]2(O)C(=O)OC[C@@H]2Cc2ccc(OC)c(OC)c2)ccc1C. The third-order valence-corrected chi connectivity index (χ3v) is 5.32. The Balaban J connectivity index is 1.84. The van der Waals surface area contributed by atoms with E-state index in [-0.39, 0.29) is 18.9 Å². The van der Waals surface area contributed by atoms with Crippen molar-refractivity contribution in [3.8, 4) is 17.2 Å². The van der Waals surface area contributed by atoms with Crippen LogP contribution in [0.15, 0.2) is 36.4 Å². The van der Waals surface area contributed by atoms with Crippen molar-refractivity contribution in [3.05, 3.63) is 53.1 Å². The third-order valence-electron chi connectivity index (χ3n) is 5.32. The van der Waals surface area contributed by atoms with Crippen LogP contribution in [0, 0.1) is 12.8 Å². The predicted molar refractivity (Wildman–Crippen MR) is 104 cm³/mol. The van der Waals surface area contributed by atoms with Gasteiger partial charge in [-0.05, 0) is 48.2 Å². The van der Waals surface area contributed by atoms with Gasteiger partial charge in [-0.1, -0.05) is 18.2 Å². The highest BCUT2D eigenvalue weighted by Gasteiger charge is 2.51. The van der Waals surface area contributed by atoms with Gasteiger partial charge in [-0.2, -0.15) is 0 Å². The van der Waals surface area contributed by atoms with Crippen LogP contribution in [0.25, 0.3) is 0 Å². The van der Waals surface area contributed by atoms with E-state index in [0.29, 0.717) is 17.9 Å². The molecule has 1 heterocycles. The Morgan fingerprint density at radius 2 is 1.64 bits per heavy atom. The van der Waals surface area contributed by atoms with Crippen molar-refractivity contribution in [2.24, 2.45) is 5.92 Å². The summed E-state index contributed by atoms with van der Waals surface area (Å²) >= 11 is 0. The number of hydrogen-bond donors (Lipinski definition) is 1. The molecule has 2 atom stereocenters. The number of carbonyl (C=O) groups is 1. The largest absolute Gasteiger partial charge is 0.496 e. The van der Waals surface area contributed by atoms with E-state index in [4.69, 9.17) is 18.9 Å². The van der Waals surface area contributed by atoms with Gasteiger partial charge in [-0.3, -0.25) is 0 Å². The smallest absolute Gasteiger partial charge is 0.338 e. The summed E-state index contributed by atoms with van der Waals surface area (Å²) in [5.41, 5.74) is 1.16. The first-order valence-corrected chi connectivity index (χ1v) is 9.15. The lowest BCUT2D eigenvalue weighted by atomic mass is 9.80. The molecule has 0 aliphatic carbocycles. The number of carbonyl (C=O) groups excluding carboxylic acids is 1. The minimum Gasteiger partial charge on any atom is -0.496 e. The maximum Gasteiger partial charge on any atom is 0.338 e. The van der Waals surface area contributed by atoms with Crippen molar-refractivity contribution in [2.45, 2.75) is 25.4 Å². The predicted octanol–water partition coefficient (Wildman–Crippen LogP) is 2.71. The monoisotopic (exact) mass is 386 g/mol. The van der Waals surface area contributed by atoms with Gasteiger partial charge < -0.3 is 24.1 Å². The Kier molecular flexibility index (Phi) is 5.79. The minimum absolute atomic E-state index is 0.167. The maximum absolute atomic E-state index is 12.4. The molecule has 150 valence electrons. The fourth-order valence-electron chi connectivity index (χ4n) is 3.63. The maximum atomic E-state index is 12.4. The summed E-state index contributed by atoms with van der Waals surface area (Å²) in [6, 6.07) is 11.2. The lowest BCUT2D eigenvalue weighted by Crippen LogP contribution is -2.44.